The van der Waals surface area contributed by atoms with Gasteiger partial charge < -0.3 is 4.90 Å². The molecule has 1 aromatic carbocycles. The number of benzene rings is 1. The fourth-order valence-corrected chi connectivity index (χ4v) is 4.10. The lowest BCUT2D eigenvalue weighted by Crippen LogP contribution is -2.36. The first-order valence-electron chi connectivity index (χ1n) is 6.58. The molecule has 2 rings (SSSR count). The molecule has 1 aliphatic heterocycles. The Hall–Kier alpha value is -0.690. The van der Waals surface area contributed by atoms with Crippen molar-refractivity contribution in [1.82, 2.24) is 9.21 Å². The van der Waals surface area contributed by atoms with E-state index in [1.54, 1.807) is 0 Å². The lowest BCUT2D eigenvalue weighted by atomic mass is 10.3. The van der Waals surface area contributed by atoms with Crippen LogP contribution in [0.5, 0.6) is 0 Å². The van der Waals surface area contributed by atoms with E-state index in [0.717, 1.165) is 19.5 Å². The average molecular weight is 321 g/mol. The Morgan fingerprint density at radius 2 is 1.90 bits per heavy atom. The Morgan fingerprint density at radius 1 is 1.15 bits per heavy atom. The molecular formula is C13H18ClFN2O2S. The molecule has 1 aliphatic rings. The standard InChI is InChI=1S/C13H18ClFN2O2S/c14-6-9-16-7-3-8-17(11-10-16)20(18,19)13-5-2-1-4-12(13)15/h1-2,4-5H,3,6-11H2. The zero-order valence-corrected chi connectivity index (χ0v) is 12.7. The van der Waals surface area contributed by atoms with Crippen LogP contribution in [0.2, 0.25) is 0 Å². The molecule has 0 saturated carbocycles. The number of hydrogen-bond acceptors (Lipinski definition) is 3. The third-order valence-corrected chi connectivity index (χ3v) is 5.50. The molecule has 0 aliphatic carbocycles. The molecule has 0 spiro atoms. The highest BCUT2D eigenvalue weighted by Gasteiger charge is 2.28. The summed E-state index contributed by atoms with van der Waals surface area (Å²) >= 11 is 5.71. The van der Waals surface area contributed by atoms with Gasteiger partial charge in [0.25, 0.3) is 0 Å². The summed E-state index contributed by atoms with van der Waals surface area (Å²) in [5.74, 6) is -0.172. The van der Waals surface area contributed by atoms with Crippen LogP contribution < -0.4 is 0 Å². The second-order valence-corrected chi connectivity index (χ2v) is 7.00. The highest BCUT2D eigenvalue weighted by Crippen LogP contribution is 2.20. The summed E-state index contributed by atoms with van der Waals surface area (Å²) in [5, 5.41) is 0. The summed E-state index contributed by atoms with van der Waals surface area (Å²) in [6.07, 6.45) is 0.727. The van der Waals surface area contributed by atoms with E-state index in [9.17, 15) is 12.8 Å². The van der Waals surface area contributed by atoms with Crippen LogP contribution in [-0.2, 0) is 10.0 Å². The monoisotopic (exact) mass is 320 g/mol. The summed E-state index contributed by atoms with van der Waals surface area (Å²) in [7, 11) is -3.76. The minimum atomic E-state index is -3.76. The van der Waals surface area contributed by atoms with Crippen LogP contribution in [0.3, 0.4) is 0 Å². The summed E-state index contributed by atoms with van der Waals surface area (Å²) in [6, 6.07) is 5.50. The molecule has 1 heterocycles. The van der Waals surface area contributed by atoms with Crippen molar-refractivity contribution < 1.29 is 12.8 Å². The van der Waals surface area contributed by atoms with Gasteiger partial charge in [-0.15, -0.1) is 11.6 Å². The molecule has 7 heteroatoms. The largest absolute Gasteiger partial charge is 0.301 e. The smallest absolute Gasteiger partial charge is 0.246 e. The number of hydrogen-bond donors (Lipinski definition) is 0. The summed E-state index contributed by atoms with van der Waals surface area (Å²) < 4.78 is 40.0. The summed E-state index contributed by atoms with van der Waals surface area (Å²) in [6.45, 7) is 2.97. The van der Waals surface area contributed by atoms with E-state index in [-0.39, 0.29) is 4.90 Å². The van der Waals surface area contributed by atoms with Gasteiger partial charge in [-0.1, -0.05) is 12.1 Å². The van der Waals surface area contributed by atoms with Gasteiger partial charge in [-0.2, -0.15) is 4.31 Å². The Bertz CT molecular complexity index is 553. The molecule has 0 atom stereocenters. The molecular weight excluding hydrogens is 303 g/mol. The molecule has 4 nitrogen and oxygen atoms in total. The molecule has 1 aromatic rings. The maximum Gasteiger partial charge on any atom is 0.246 e. The van der Waals surface area contributed by atoms with Crippen molar-refractivity contribution >= 4 is 21.6 Å². The first-order valence-corrected chi connectivity index (χ1v) is 8.56. The van der Waals surface area contributed by atoms with E-state index in [0.29, 0.717) is 25.5 Å². The van der Waals surface area contributed by atoms with Crippen LogP contribution in [0.15, 0.2) is 29.2 Å². The van der Waals surface area contributed by atoms with E-state index in [4.69, 9.17) is 11.6 Å². The van der Waals surface area contributed by atoms with Gasteiger partial charge in [0.15, 0.2) is 0 Å². The quantitative estimate of drug-likeness (QED) is 0.794. The molecule has 112 valence electrons. The van der Waals surface area contributed by atoms with Crippen molar-refractivity contribution in [2.45, 2.75) is 11.3 Å². The molecule has 0 amide bonds. The van der Waals surface area contributed by atoms with Crippen molar-refractivity contribution in [2.24, 2.45) is 0 Å². The predicted octanol–water partition coefficient (Wildman–Crippen LogP) is 1.76. The first-order chi connectivity index (χ1) is 9.55. The molecule has 20 heavy (non-hydrogen) atoms. The fourth-order valence-electron chi connectivity index (χ4n) is 2.32. The van der Waals surface area contributed by atoms with Gasteiger partial charge in [0.05, 0.1) is 0 Å². The number of rotatable bonds is 4. The number of sulfonamides is 1. The Balaban J connectivity index is 2.16. The van der Waals surface area contributed by atoms with Gasteiger partial charge in [0.1, 0.15) is 10.7 Å². The molecule has 0 bridgehead atoms. The highest BCUT2D eigenvalue weighted by atomic mass is 35.5. The Kier molecular flexibility index (Phi) is 5.37. The van der Waals surface area contributed by atoms with Crippen LogP contribution in [-0.4, -0.2) is 56.2 Å². The second kappa shape index (κ2) is 6.85. The number of alkyl halides is 1. The van der Waals surface area contributed by atoms with E-state index in [1.807, 2.05) is 0 Å². The minimum Gasteiger partial charge on any atom is -0.301 e. The molecule has 0 aromatic heterocycles. The summed E-state index contributed by atoms with van der Waals surface area (Å²) in [5.41, 5.74) is 0. The van der Waals surface area contributed by atoms with Crippen LogP contribution in [0.4, 0.5) is 4.39 Å². The molecule has 1 saturated heterocycles. The SMILES string of the molecule is O=S(=O)(c1ccccc1F)N1CCCN(CCCl)CC1. The number of nitrogens with zero attached hydrogens (tertiary/aromatic N) is 2. The van der Waals surface area contributed by atoms with Crippen molar-refractivity contribution in [3.8, 4) is 0 Å². The van der Waals surface area contributed by atoms with Crippen LogP contribution >= 0.6 is 11.6 Å². The summed E-state index contributed by atoms with van der Waals surface area (Å²) in [4.78, 5) is 1.88. The van der Waals surface area contributed by atoms with Crippen LogP contribution in [0.25, 0.3) is 0 Å². The zero-order chi connectivity index (χ0) is 14.6. The van der Waals surface area contributed by atoms with E-state index in [2.05, 4.69) is 4.90 Å². The van der Waals surface area contributed by atoms with Gasteiger partial charge in [0.2, 0.25) is 10.0 Å². The van der Waals surface area contributed by atoms with Gasteiger partial charge in [-0.25, -0.2) is 12.8 Å². The van der Waals surface area contributed by atoms with Crippen molar-refractivity contribution in [2.75, 3.05) is 38.6 Å². The maximum absolute atomic E-state index is 13.7. The van der Waals surface area contributed by atoms with Gasteiger partial charge in [-0.3, -0.25) is 0 Å². The zero-order valence-electron chi connectivity index (χ0n) is 11.1. The highest BCUT2D eigenvalue weighted by molar-refractivity contribution is 7.89. The van der Waals surface area contributed by atoms with Gasteiger partial charge in [0, 0.05) is 32.1 Å². The average Bonchev–Trinajstić information content (AvgIpc) is 2.65. The second-order valence-electron chi connectivity index (χ2n) is 4.72. The normalized spacial score (nSPS) is 18.9. The third-order valence-electron chi connectivity index (χ3n) is 3.40. The third kappa shape index (κ3) is 3.49. The van der Waals surface area contributed by atoms with Crippen molar-refractivity contribution in [1.29, 1.82) is 0 Å². The first kappa shape index (κ1) is 15.7. The van der Waals surface area contributed by atoms with Gasteiger partial charge >= 0.3 is 0 Å². The molecule has 0 unspecified atom stereocenters. The van der Waals surface area contributed by atoms with E-state index >= 15 is 0 Å². The van der Waals surface area contributed by atoms with Crippen LogP contribution in [0, 0.1) is 5.82 Å². The molecule has 0 radical (unpaired) electrons. The van der Waals surface area contributed by atoms with Crippen molar-refractivity contribution in [3.05, 3.63) is 30.1 Å². The minimum absolute atomic E-state index is 0.245. The molecule has 1 fully saturated rings. The molecule has 0 N–H and O–H groups in total. The van der Waals surface area contributed by atoms with Crippen LogP contribution in [0.1, 0.15) is 6.42 Å². The van der Waals surface area contributed by atoms with E-state index < -0.39 is 15.8 Å². The topological polar surface area (TPSA) is 40.6 Å². The van der Waals surface area contributed by atoms with E-state index in [1.165, 1.54) is 28.6 Å². The Labute approximate surface area is 124 Å². The van der Waals surface area contributed by atoms with Gasteiger partial charge in [-0.05, 0) is 25.1 Å². The van der Waals surface area contributed by atoms with Crippen molar-refractivity contribution in [3.63, 3.8) is 0 Å². The Morgan fingerprint density at radius 3 is 2.60 bits per heavy atom. The fraction of sp³-hybridized carbons (Fsp3) is 0.538. The lowest BCUT2D eigenvalue weighted by Gasteiger charge is -2.21. The predicted molar refractivity (Wildman–Crippen MR) is 76.9 cm³/mol. The number of halogens is 2. The lowest BCUT2D eigenvalue weighted by molar-refractivity contribution is 0.303. The maximum atomic E-state index is 13.7.